The largest absolute Gasteiger partial charge is 0.466 e. The van der Waals surface area contributed by atoms with Crippen LogP contribution >= 0.6 is 11.6 Å². The molecule has 0 bridgehead atoms. The molecular weight excluding hydrogens is 330 g/mol. The van der Waals surface area contributed by atoms with Gasteiger partial charge in [-0.2, -0.15) is 0 Å². The number of halogens is 1. The van der Waals surface area contributed by atoms with E-state index in [1.807, 2.05) is 0 Å². The molecule has 0 radical (unpaired) electrons. The Kier molecular flexibility index (Phi) is 7.46. The minimum atomic E-state index is -0.155. The molecule has 1 fully saturated rings. The first-order valence-electron chi connectivity index (χ1n) is 8.39. The van der Waals surface area contributed by atoms with E-state index in [9.17, 15) is 9.59 Å². The summed E-state index contributed by atoms with van der Waals surface area (Å²) in [4.78, 5) is 30.1. The van der Waals surface area contributed by atoms with Crippen molar-refractivity contribution in [3.05, 3.63) is 23.4 Å². The normalized spacial score (nSPS) is 18.2. The molecule has 1 aliphatic heterocycles. The summed E-state index contributed by atoms with van der Waals surface area (Å²) >= 11 is 5.79. The predicted molar refractivity (Wildman–Crippen MR) is 92.9 cm³/mol. The molecular formula is C17H24ClN3O3. The van der Waals surface area contributed by atoms with Crippen molar-refractivity contribution in [2.24, 2.45) is 5.92 Å². The van der Waals surface area contributed by atoms with Gasteiger partial charge in [0.25, 0.3) is 0 Å². The zero-order valence-electron chi connectivity index (χ0n) is 14.0. The van der Waals surface area contributed by atoms with Crippen LogP contribution in [-0.4, -0.2) is 48.0 Å². The van der Waals surface area contributed by atoms with Crippen molar-refractivity contribution in [1.29, 1.82) is 0 Å². The number of anilines is 1. The fourth-order valence-electron chi connectivity index (χ4n) is 2.83. The molecule has 1 aromatic heterocycles. The average Bonchev–Trinajstić information content (AvgIpc) is 2.57. The number of pyridine rings is 1. The van der Waals surface area contributed by atoms with Crippen molar-refractivity contribution < 1.29 is 14.3 Å². The molecule has 1 aromatic rings. The van der Waals surface area contributed by atoms with Crippen molar-refractivity contribution in [3.8, 4) is 0 Å². The summed E-state index contributed by atoms with van der Waals surface area (Å²) in [7, 11) is 0. The molecule has 0 spiro atoms. The standard InChI is InChI=1S/C17H24ClN3O3/c1-2-24-16(22)6-4-10-21-9-3-5-13(12-21)17(23)20-15-8-7-14(18)11-19-15/h7-8,11,13H,2-6,9-10,12H2,1H3,(H,19,20,23)/t13-/m0/s1. The molecule has 0 aliphatic carbocycles. The Hall–Kier alpha value is -1.66. The van der Waals surface area contributed by atoms with Crippen LogP contribution in [0.5, 0.6) is 0 Å². The number of likely N-dealkylation sites (tertiary alicyclic amines) is 1. The summed E-state index contributed by atoms with van der Waals surface area (Å²) in [5.74, 6) is 0.292. The molecule has 132 valence electrons. The van der Waals surface area contributed by atoms with E-state index in [-0.39, 0.29) is 17.8 Å². The summed E-state index contributed by atoms with van der Waals surface area (Å²) < 4.78 is 4.93. The Labute approximate surface area is 147 Å². The molecule has 2 rings (SSSR count). The monoisotopic (exact) mass is 353 g/mol. The van der Waals surface area contributed by atoms with Crippen LogP contribution in [0.2, 0.25) is 5.02 Å². The predicted octanol–water partition coefficient (Wildman–Crippen LogP) is 2.73. The van der Waals surface area contributed by atoms with E-state index >= 15 is 0 Å². The van der Waals surface area contributed by atoms with Crippen LogP contribution < -0.4 is 5.32 Å². The van der Waals surface area contributed by atoms with Crippen molar-refractivity contribution >= 4 is 29.3 Å². The molecule has 0 unspecified atom stereocenters. The topological polar surface area (TPSA) is 71.5 Å². The highest BCUT2D eigenvalue weighted by atomic mass is 35.5. The average molecular weight is 354 g/mol. The van der Waals surface area contributed by atoms with Gasteiger partial charge in [0, 0.05) is 19.2 Å². The molecule has 1 aliphatic rings. The maximum Gasteiger partial charge on any atom is 0.305 e. The molecule has 1 amide bonds. The minimum absolute atomic E-state index is 0.0140. The number of hydrogen-bond donors (Lipinski definition) is 1. The number of amides is 1. The zero-order chi connectivity index (χ0) is 17.4. The van der Waals surface area contributed by atoms with E-state index in [1.54, 1.807) is 19.1 Å². The number of carbonyl (C=O) groups is 2. The van der Waals surface area contributed by atoms with Crippen molar-refractivity contribution in [2.75, 3.05) is 31.6 Å². The van der Waals surface area contributed by atoms with Crippen LogP contribution in [0.15, 0.2) is 18.3 Å². The Morgan fingerprint density at radius 2 is 2.29 bits per heavy atom. The van der Waals surface area contributed by atoms with Gasteiger partial charge in [-0.1, -0.05) is 11.6 Å². The van der Waals surface area contributed by atoms with Crippen LogP contribution in [-0.2, 0) is 14.3 Å². The fraction of sp³-hybridized carbons (Fsp3) is 0.588. The number of piperidine rings is 1. The summed E-state index contributed by atoms with van der Waals surface area (Å²) in [5, 5.41) is 3.38. The molecule has 0 saturated carbocycles. The van der Waals surface area contributed by atoms with Crippen LogP contribution in [0.3, 0.4) is 0 Å². The number of hydrogen-bond acceptors (Lipinski definition) is 5. The smallest absolute Gasteiger partial charge is 0.305 e. The number of carbonyl (C=O) groups excluding carboxylic acids is 2. The van der Waals surface area contributed by atoms with E-state index in [0.29, 0.717) is 30.4 Å². The SMILES string of the molecule is CCOC(=O)CCCN1CCC[C@H](C(=O)Nc2ccc(Cl)cn2)C1. The Morgan fingerprint density at radius 3 is 3.00 bits per heavy atom. The Balaban J connectivity index is 1.76. The zero-order valence-corrected chi connectivity index (χ0v) is 14.7. The third kappa shape index (κ3) is 6.09. The fourth-order valence-corrected chi connectivity index (χ4v) is 2.94. The van der Waals surface area contributed by atoms with Gasteiger partial charge in [-0.15, -0.1) is 0 Å². The number of aromatic nitrogens is 1. The molecule has 7 heteroatoms. The number of esters is 1. The lowest BCUT2D eigenvalue weighted by molar-refractivity contribution is -0.143. The van der Waals surface area contributed by atoms with Crippen LogP contribution in [0.25, 0.3) is 0 Å². The van der Waals surface area contributed by atoms with Crippen molar-refractivity contribution in [3.63, 3.8) is 0 Å². The summed E-state index contributed by atoms with van der Waals surface area (Å²) in [5.41, 5.74) is 0. The summed E-state index contributed by atoms with van der Waals surface area (Å²) in [6.07, 6.45) is 4.54. The highest BCUT2D eigenvalue weighted by Crippen LogP contribution is 2.19. The van der Waals surface area contributed by atoms with Crippen LogP contribution in [0.4, 0.5) is 5.82 Å². The second kappa shape index (κ2) is 9.59. The van der Waals surface area contributed by atoms with Crippen LogP contribution in [0.1, 0.15) is 32.6 Å². The van der Waals surface area contributed by atoms with Gasteiger partial charge in [-0.3, -0.25) is 9.59 Å². The second-order valence-electron chi connectivity index (χ2n) is 5.90. The van der Waals surface area contributed by atoms with Crippen molar-refractivity contribution in [1.82, 2.24) is 9.88 Å². The minimum Gasteiger partial charge on any atom is -0.466 e. The molecule has 0 aromatic carbocycles. The maximum absolute atomic E-state index is 12.4. The first kappa shape index (κ1) is 18.7. The number of rotatable bonds is 7. The van der Waals surface area contributed by atoms with Gasteiger partial charge in [-0.05, 0) is 51.4 Å². The van der Waals surface area contributed by atoms with E-state index in [4.69, 9.17) is 16.3 Å². The highest BCUT2D eigenvalue weighted by molar-refractivity contribution is 6.30. The van der Waals surface area contributed by atoms with E-state index in [0.717, 1.165) is 32.4 Å². The van der Waals surface area contributed by atoms with Crippen molar-refractivity contribution in [2.45, 2.75) is 32.6 Å². The van der Waals surface area contributed by atoms with Gasteiger partial charge in [0.2, 0.25) is 5.91 Å². The molecule has 6 nitrogen and oxygen atoms in total. The van der Waals surface area contributed by atoms with Gasteiger partial charge >= 0.3 is 5.97 Å². The first-order valence-corrected chi connectivity index (χ1v) is 8.76. The quantitative estimate of drug-likeness (QED) is 0.763. The third-order valence-electron chi connectivity index (χ3n) is 4.02. The maximum atomic E-state index is 12.4. The van der Waals surface area contributed by atoms with Gasteiger partial charge < -0.3 is 15.0 Å². The molecule has 2 heterocycles. The van der Waals surface area contributed by atoms with Crippen LogP contribution in [0, 0.1) is 5.92 Å². The van der Waals surface area contributed by atoms with Gasteiger partial charge in [0.1, 0.15) is 5.82 Å². The lowest BCUT2D eigenvalue weighted by atomic mass is 9.97. The van der Waals surface area contributed by atoms with Gasteiger partial charge in [0.15, 0.2) is 0 Å². The molecule has 1 N–H and O–H groups in total. The number of nitrogens with one attached hydrogen (secondary N) is 1. The number of nitrogens with zero attached hydrogens (tertiary/aromatic N) is 2. The Morgan fingerprint density at radius 1 is 1.46 bits per heavy atom. The lowest BCUT2D eigenvalue weighted by Gasteiger charge is -2.31. The first-order chi connectivity index (χ1) is 11.6. The lowest BCUT2D eigenvalue weighted by Crippen LogP contribution is -2.41. The Bertz CT molecular complexity index is 551. The third-order valence-corrected chi connectivity index (χ3v) is 4.24. The number of ether oxygens (including phenoxy) is 1. The second-order valence-corrected chi connectivity index (χ2v) is 6.34. The highest BCUT2D eigenvalue weighted by Gasteiger charge is 2.25. The molecule has 24 heavy (non-hydrogen) atoms. The van der Waals surface area contributed by atoms with E-state index in [2.05, 4.69) is 15.2 Å². The van der Waals surface area contributed by atoms with Gasteiger partial charge in [0.05, 0.1) is 17.5 Å². The molecule has 1 atom stereocenters. The van der Waals surface area contributed by atoms with E-state index < -0.39 is 0 Å². The summed E-state index contributed by atoms with van der Waals surface area (Å²) in [6, 6.07) is 3.40. The molecule has 1 saturated heterocycles. The summed E-state index contributed by atoms with van der Waals surface area (Å²) in [6.45, 7) is 4.71. The van der Waals surface area contributed by atoms with Gasteiger partial charge in [-0.25, -0.2) is 4.98 Å². The van der Waals surface area contributed by atoms with E-state index in [1.165, 1.54) is 6.20 Å².